The van der Waals surface area contributed by atoms with E-state index in [1.807, 2.05) is 6.07 Å². The molecule has 1 saturated heterocycles. The third kappa shape index (κ3) is 6.30. The summed E-state index contributed by atoms with van der Waals surface area (Å²) >= 11 is 0. The first-order valence-electron chi connectivity index (χ1n) is 13.6. The number of amides is 1. The second-order valence-electron chi connectivity index (χ2n) is 11.2. The number of rotatable bonds is 5. The molecule has 44 heavy (non-hydrogen) atoms. The van der Waals surface area contributed by atoms with E-state index in [-0.39, 0.29) is 45.7 Å². The van der Waals surface area contributed by atoms with Gasteiger partial charge in [-0.15, -0.1) is 0 Å². The molecular formula is C29H28F3N7O4S. The van der Waals surface area contributed by atoms with Gasteiger partial charge in [0.1, 0.15) is 22.9 Å². The molecule has 4 heterocycles. The number of alkyl halides is 3. The molecule has 15 heteroatoms. The Bertz CT molecular complexity index is 1860. The molecule has 11 nitrogen and oxygen atoms in total. The third-order valence-electron chi connectivity index (χ3n) is 6.79. The predicted octanol–water partition coefficient (Wildman–Crippen LogP) is 5.43. The van der Waals surface area contributed by atoms with Crippen molar-refractivity contribution in [2.45, 2.75) is 56.3 Å². The lowest BCUT2D eigenvalue weighted by molar-refractivity contribution is -0.137. The van der Waals surface area contributed by atoms with Crippen molar-refractivity contribution in [1.82, 2.24) is 23.8 Å². The average Bonchev–Trinajstić information content (AvgIpc) is 3.36. The van der Waals surface area contributed by atoms with Gasteiger partial charge in [-0.25, -0.2) is 32.1 Å². The largest absolute Gasteiger partial charge is 0.444 e. The van der Waals surface area contributed by atoms with Gasteiger partial charge < -0.3 is 15.0 Å². The summed E-state index contributed by atoms with van der Waals surface area (Å²) in [5.41, 5.74) is -2.99. The normalized spacial score (nSPS) is 16.0. The zero-order valence-electron chi connectivity index (χ0n) is 24.0. The quantitative estimate of drug-likeness (QED) is 0.306. The molecule has 0 radical (unpaired) electrons. The van der Waals surface area contributed by atoms with Crippen LogP contribution in [-0.2, 0) is 20.9 Å². The minimum Gasteiger partial charge on any atom is -0.444 e. The van der Waals surface area contributed by atoms with Crippen LogP contribution >= 0.6 is 0 Å². The van der Waals surface area contributed by atoms with Gasteiger partial charge in [-0.2, -0.15) is 18.4 Å². The lowest BCUT2D eigenvalue weighted by atomic mass is 10.1. The number of ether oxygens (including phenoxy) is 1. The van der Waals surface area contributed by atoms with Crippen LogP contribution in [0.25, 0.3) is 22.3 Å². The van der Waals surface area contributed by atoms with E-state index in [4.69, 9.17) is 4.74 Å². The van der Waals surface area contributed by atoms with Gasteiger partial charge in [-0.3, -0.25) is 0 Å². The first-order chi connectivity index (χ1) is 20.7. The highest BCUT2D eigenvalue weighted by molar-refractivity contribution is 7.90. The van der Waals surface area contributed by atoms with Gasteiger partial charge in [0.2, 0.25) is 5.95 Å². The lowest BCUT2D eigenvalue weighted by Crippen LogP contribution is -2.47. The minimum absolute atomic E-state index is 0.0347. The van der Waals surface area contributed by atoms with E-state index in [1.54, 1.807) is 26.8 Å². The maximum atomic E-state index is 14.3. The van der Waals surface area contributed by atoms with Crippen LogP contribution in [-0.4, -0.2) is 63.1 Å². The van der Waals surface area contributed by atoms with E-state index in [0.29, 0.717) is 25.6 Å². The molecule has 1 N–H and O–H groups in total. The summed E-state index contributed by atoms with van der Waals surface area (Å²) in [7, 11) is -4.33. The van der Waals surface area contributed by atoms with E-state index < -0.39 is 39.2 Å². The number of carbonyl (C=O) groups is 1. The van der Waals surface area contributed by atoms with Gasteiger partial charge >= 0.3 is 12.3 Å². The van der Waals surface area contributed by atoms with Crippen molar-refractivity contribution < 1.29 is 31.1 Å². The average molecular weight is 628 g/mol. The van der Waals surface area contributed by atoms with Crippen LogP contribution < -0.4 is 5.32 Å². The molecule has 0 bridgehead atoms. The molecule has 4 aromatic rings. The SMILES string of the molecule is CC(C)(C)OC(=O)N1CCC[C@@H](Nc2ncc(C(F)(F)F)c(-c3cn(S(=O)(=O)c4ccccc4)c4nc(C#N)ccc34)n2)C1. The fourth-order valence-electron chi connectivity index (χ4n) is 4.85. The second kappa shape index (κ2) is 11.4. The highest BCUT2D eigenvalue weighted by atomic mass is 32.2. The number of nitriles is 1. The summed E-state index contributed by atoms with van der Waals surface area (Å²) in [4.78, 5) is 26.2. The van der Waals surface area contributed by atoms with Gasteiger partial charge in [-0.1, -0.05) is 18.2 Å². The fourth-order valence-corrected chi connectivity index (χ4v) is 6.19. The Morgan fingerprint density at radius 1 is 1.11 bits per heavy atom. The number of carbonyl (C=O) groups excluding carboxylic acids is 1. The number of hydrogen-bond acceptors (Lipinski definition) is 9. The van der Waals surface area contributed by atoms with Crippen molar-refractivity contribution >= 4 is 33.1 Å². The fraction of sp³-hybridized carbons (Fsp3) is 0.345. The molecule has 1 amide bonds. The van der Waals surface area contributed by atoms with Crippen LogP contribution in [0.3, 0.4) is 0 Å². The van der Waals surface area contributed by atoms with Gasteiger partial charge in [0.15, 0.2) is 5.65 Å². The smallest absolute Gasteiger partial charge is 0.419 e. The Balaban J connectivity index is 1.59. The molecule has 1 aliphatic heterocycles. The van der Waals surface area contributed by atoms with Crippen molar-refractivity contribution in [3.05, 3.63) is 66.1 Å². The summed E-state index contributed by atoms with van der Waals surface area (Å²) in [5.74, 6) is -0.141. The number of halogens is 3. The van der Waals surface area contributed by atoms with Gasteiger partial charge in [-0.05, 0) is 57.9 Å². The zero-order valence-corrected chi connectivity index (χ0v) is 24.8. The summed E-state index contributed by atoms with van der Waals surface area (Å²) in [6.45, 7) is 5.92. The molecule has 0 unspecified atom stereocenters. The number of nitrogens with one attached hydrogen (secondary N) is 1. The molecule has 5 rings (SSSR count). The zero-order chi connectivity index (χ0) is 31.9. The van der Waals surface area contributed by atoms with Crippen molar-refractivity contribution in [3.8, 4) is 17.3 Å². The Kier molecular flexibility index (Phi) is 7.98. The molecular weight excluding hydrogens is 599 g/mol. The number of fused-ring (bicyclic) bond motifs is 1. The minimum atomic E-state index is -4.89. The van der Waals surface area contributed by atoms with Crippen LogP contribution in [0.4, 0.5) is 23.9 Å². The number of benzene rings is 1. The van der Waals surface area contributed by atoms with Crippen molar-refractivity contribution in [3.63, 3.8) is 0 Å². The molecule has 1 atom stereocenters. The summed E-state index contributed by atoms with van der Waals surface area (Å²) in [6.07, 6.45) is -2.54. The molecule has 0 aliphatic carbocycles. The maximum absolute atomic E-state index is 14.3. The number of likely N-dealkylation sites (tertiary alicyclic amines) is 1. The van der Waals surface area contributed by atoms with Gasteiger partial charge in [0.25, 0.3) is 10.0 Å². The van der Waals surface area contributed by atoms with Crippen LogP contribution in [0.5, 0.6) is 0 Å². The van der Waals surface area contributed by atoms with E-state index in [9.17, 15) is 31.6 Å². The van der Waals surface area contributed by atoms with Crippen LogP contribution in [0.15, 0.2) is 59.8 Å². The standard InChI is InChI=1S/C29H28F3N7O4S/c1-28(2,3)43-27(40)38-13-7-8-19(16-38)36-26-34-15-23(29(30,31)32)24(37-26)22-17-39(25-21(22)12-11-18(14-33)35-25)44(41,42)20-9-5-4-6-10-20/h4-6,9-12,15,17,19H,7-8,13,16H2,1-3H3,(H,34,36,37)/t19-/m1/s1. The topological polar surface area (TPSA) is 143 Å². The Labute approximate surface area is 251 Å². The van der Waals surface area contributed by atoms with Crippen LogP contribution in [0.2, 0.25) is 0 Å². The molecule has 1 aromatic carbocycles. The molecule has 0 saturated carbocycles. The second-order valence-corrected chi connectivity index (χ2v) is 13.0. The Morgan fingerprint density at radius 2 is 1.84 bits per heavy atom. The lowest BCUT2D eigenvalue weighted by Gasteiger charge is -2.34. The predicted molar refractivity (Wildman–Crippen MR) is 154 cm³/mol. The number of piperidine rings is 1. The summed E-state index contributed by atoms with van der Waals surface area (Å²) in [6, 6.07) is 11.4. The molecule has 0 spiro atoms. The molecule has 230 valence electrons. The van der Waals surface area contributed by atoms with Gasteiger partial charge in [0, 0.05) is 42.5 Å². The highest BCUT2D eigenvalue weighted by Crippen LogP contribution is 2.40. The number of aromatic nitrogens is 4. The van der Waals surface area contributed by atoms with E-state index >= 15 is 0 Å². The Hall–Kier alpha value is -4.71. The number of anilines is 1. The number of pyridine rings is 1. The molecule has 1 fully saturated rings. The first-order valence-corrected chi connectivity index (χ1v) is 15.0. The van der Waals surface area contributed by atoms with Gasteiger partial charge in [0.05, 0.1) is 10.6 Å². The monoisotopic (exact) mass is 627 g/mol. The summed E-state index contributed by atoms with van der Waals surface area (Å²) < 4.78 is 76.3. The summed E-state index contributed by atoms with van der Waals surface area (Å²) in [5, 5.41) is 12.5. The van der Waals surface area contributed by atoms with Crippen molar-refractivity contribution in [2.75, 3.05) is 18.4 Å². The van der Waals surface area contributed by atoms with Crippen LogP contribution in [0, 0.1) is 11.3 Å². The molecule has 1 aliphatic rings. The van der Waals surface area contributed by atoms with E-state index in [2.05, 4.69) is 20.3 Å². The van der Waals surface area contributed by atoms with E-state index in [0.717, 1.165) is 10.2 Å². The van der Waals surface area contributed by atoms with Crippen molar-refractivity contribution in [2.24, 2.45) is 0 Å². The maximum Gasteiger partial charge on any atom is 0.419 e. The number of nitrogens with zero attached hydrogens (tertiary/aromatic N) is 6. The first kappa shape index (κ1) is 30.7. The van der Waals surface area contributed by atoms with E-state index in [1.165, 1.54) is 41.3 Å². The highest BCUT2D eigenvalue weighted by Gasteiger charge is 2.37. The number of hydrogen-bond donors (Lipinski definition) is 1. The van der Waals surface area contributed by atoms with Crippen molar-refractivity contribution in [1.29, 1.82) is 5.26 Å². The third-order valence-corrected chi connectivity index (χ3v) is 8.45. The Morgan fingerprint density at radius 3 is 2.50 bits per heavy atom. The van der Waals surface area contributed by atoms with Crippen LogP contribution in [0.1, 0.15) is 44.9 Å². The molecule has 3 aromatic heterocycles.